The van der Waals surface area contributed by atoms with Crippen molar-refractivity contribution in [2.45, 2.75) is 6.54 Å². The normalized spacial score (nSPS) is 9.74. The van der Waals surface area contributed by atoms with Gasteiger partial charge in [-0.2, -0.15) is 5.26 Å². The van der Waals surface area contributed by atoms with Crippen molar-refractivity contribution in [1.82, 2.24) is 4.98 Å². The van der Waals surface area contributed by atoms with Gasteiger partial charge < -0.3 is 10.2 Å². The fourth-order valence-electron chi connectivity index (χ4n) is 1.87. The minimum absolute atomic E-state index is 0.683. The van der Waals surface area contributed by atoms with Crippen LogP contribution < -0.4 is 10.2 Å². The smallest absolute Gasteiger partial charge is 0.130 e. The predicted octanol–water partition coefficient (Wildman–Crippen LogP) is 2.63. The fourth-order valence-corrected chi connectivity index (χ4v) is 1.87. The molecule has 0 radical (unpaired) electrons. The third-order valence-electron chi connectivity index (χ3n) is 2.86. The summed E-state index contributed by atoms with van der Waals surface area (Å²) in [6.45, 7) is 0.718. The van der Waals surface area contributed by atoms with Gasteiger partial charge in [-0.1, -0.05) is 18.2 Å². The summed E-state index contributed by atoms with van der Waals surface area (Å²) in [5.41, 5.74) is 1.78. The molecule has 0 aliphatic rings. The Bertz CT molecular complexity index is 601. The highest BCUT2D eigenvalue weighted by Gasteiger charge is 2.04. The Morgan fingerprint density at radius 1 is 1.26 bits per heavy atom. The van der Waals surface area contributed by atoms with Crippen molar-refractivity contribution >= 4 is 11.6 Å². The highest BCUT2D eigenvalue weighted by molar-refractivity contribution is 5.47. The highest BCUT2D eigenvalue weighted by Crippen LogP contribution is 2.15. The van der Waals surface area contributed by atoms with E-state index in [1.54, 1.807) is 0 Å². The Morgan fingerprint density at radius 3 is 2.79 bits per heavy atom. The number of nitriles is 1. The Balaban J connectivity index is 2.15. The van der Waals surface area contributed by atoms with Crippen molar-refractivity contribution in [3.8, 4) is 6.07 Å². The van der Waals surface area contributed by atoms with Crippen LogP contribution >= 0.6 is 0 Å². The molecule has 0 amide bonds. The first-order valence-corrected chi connectivity index (χ1v) is 6.08. The van der Waals surface area contributed by atoms with E-state index in [0.717, 1.165) is 23.7 Å². The summed E-state index contributed by atoms with van der Waals surface area (Å²) in [4.78, 5) is 6.53. The van der Waals surface area contributed by atoms with Gasteiger partial charge in [0.2, 0.25) is 0 Å². The topological polar surface area (TPSA) is 52.0 Å². The third kappa shape index (κ3) is 3.23. The molecular formula is C15H16N4. The Kier molecular flexibility index (Phi) is 3.99. The van der Waals surface area contributed by atoms with Crippen LogP contribution in [0.25, 0.3) is 0 Å². The Morgan fingerprint density at radius 2 is 2.05 bits per heavy atom. The van der Waals surface area contributed by atoms with Gasteiger partial charge in [0.1, 0.15) is 11.6 Å². The van der Waals surface area contributed by atoms with Crippen molar-refractivity contribution in [3.63, 3.8) is 0 Å². The molecule has 0 unspecified atom stereocenters. The van der Waals surface area contributed by atoms with Crippen LogP contribution in [0.4, 0.5) is 11.6 Å². The molecule has 2 rings (SSSR count). The monoisotopic (exact) mass is 252 g/mol. The largest absolute Gasteiger partial charge is 0.373 e. The molecular weight excluding hydrogens is 236 g/mol. The lowest BCUT2D eigenvalue weighted by molar-refractivity contribution is 0.898. The van der Waals surface area contributed by atoms with E-state index < -0.39 is 0 Å². The fraction of sp³-hybridized carbons (Fsp3) is 0.200. The number of hydrogen-bond donors (Lipinski definition) is 1. The van der Waals surface area contributed by atoms with E-state index in [1.807, 2.05) is 56.6 Å². The second-order valence-corrected chi connectivity index (χ2v) is 4.30. The number of nitrogens with zero attached hydrogens (tertiary/aromatic N) is 3. The van der Waals surface area contributed by atoms with Gasteiger partial charge in [0.25, 0.3) is 0 Å². The summed E-state index contributed by atoms with van der Waals surface area (Å²) >= 11 is 0. The lowest BCUT2D eigenvalue weighted by atomic mass is 10.1. The van der Waals surface area contributed by atoms with Gasteiger partial charge in [0.15, 0.2) is 0 Å². The van der Waals surface area contributed by atoms with E-state index >= 15 is 0 Å². The van der Waals surface area contributed by atoms with Gasteiger partial charge >= 0.3 is 0 Å². The maximum atomic E-state index is 8.90. The predicted molar refractivity (Wildman–Crippen MR) is 77.0 cm³/mol. The lowest BCUT2D eigenvalue weighted by Crippen LogP contribution is -2.18. The second kappa shape index (κ2) is 5.87. The SMILES string of the molecule is CNc1cccc(N(C)Cc2cccc(C#N)c2)n1. The quantitative estimate of drug-likeness (QED) is 0.908. The summed E-state index contributed by atoms with van der Waals surface area (Å²) < 4.78 is 0. The minimum atomic E-state index is 0.683. The van der Waals surface area contributed by atoms with E-state index in [0.29, 0.717) is 5.56 Å². The van der Waals surface area contributed by atoms with Crippen LogP contribution in [0.15, 0.2) is 42.5 Å². The minimum Gasteiger partial charge on any atom is -0.373 e. The molecule has 4 nitrogen and oxygen atoms in total. The van der Waals surface area contributed by atoms with Crippen LogP contribution in [0.5, 0.6) is 0 Å². The number of benzene rings is 1. The second-order valence-electron chi connectivity index (χ2n) is 4.30. The number of aromatic nitrogens is 1. The Hall–Kier alpha value is -2.54. The number of nitrogens with one attached hydrogen (secondary N) is 1. The number of hydrogen-bond acceptors (Lipinski definition) is 4. The first-order chi connectivity index (χ1) is 9.22. The number of pyridine rings is 1. The molecule has 1 aromatic carbocycles. The van der Waals surface area contributed by atoms with Crippen LogP contribution in [-0.2, 0) is 6.54 Å². The summed E-state index contributed by atoms with van der Waals surface area (Å²) in [7, 11) is 3.84. The molecule has 96 valence electrons. The van der Waals surface area contributed by atoms with Gasteiger partial charge in [-0.15, -0.1) is 0 Å². The number of anilines is 2. The molecule has 2 aromatic rings. The van der Waals surface area contributed by atoms with Crippen LogP contribution in [-0.4, -0.2) is 19.1 Å². The first-order valence-electron chi connectivity index (χ1n) is 6.08. The standard InChI is InChI=1S/C15H16N4/c1-17-14-7-4-8-15(18-14)19(2)11-13-6-3-5-12(9-13)10-16/h3-9H,11H2,1-2H3,(H,17,18). The van der Waals surface area contributed by atoms with Crippen molar-refractivity contribution in [1.29, 1.82) is 5.26 Å². The molecule has 0 atom stereocenters. The molecule has 0 aliphatic heterocycles. The number of rotatable bonds is 4. The highest BCUT2D eigenvalue weighted by atomic mass is 15.2. The summed E-state index contributed by atoms with van der Waals surface area (Å²) in [6, 6.07) is 15.6. The van der Waals surface area contributed by atoms with E-state index in [2.05, 4.69) is 21.3 Å². The van der Waals surface area contributed by atoms with Crippen molar-refractivity contribution in [2.24, 2.45) is 0 Å². The van der Waals surface area contributed by atoms with Crippen molar-refractivity contribution < 1.29 is 0 Å². The zero-order chi connectivity index (χ0) is 13.7. The van der Waals surface area contributed by atoms with Crippen molar-refractivity contribution in [2.75, 3.05) is 24.3 Å². The third-order valence-corrected chi connectivity index (χ3v) is 2.86. The molecule has 19 heavy (non-hydrogen) atoms. The first kappa shape index (κ1) is 12.9. The maximum Gasteiger partial charge on any atom is 0.130 e. The summed E-state index contributed by atoms with van der Waals surface area (Å²) in [5.74, 6) is 1.74. The van der Waals surface area contributed by atoms with E-state index in [1.165, 1.54) is 0 Å². The maximum absolute atomic E-state index is 8.90. The summed E-state index contributed by atoms with van der Waals surface area (Å²) in [5, 5.41) is 11.9. The Labute approximate surface area is 113 Å². The van der Waals surface area contributed by atoms with Gasteiger partial charge in [-0.25, -0.2) is 4.98 Å². The molecule has 1 aromatic heterocycles. The lowest BCUT2D eigenvalue weighted by Gasteiger charge is -2.19. The molecule has 1 N–H and O–H groups in total. The molecule has 0 saturated carbocycles. The molecule has 0 saturated heterocycles. The van der Waals surface area contributed by atoms with Crippen LogP contribution in [0.2, 0.25) is 0 Å². The molecule has 0 aliphatic carbocycles. The molecule has 0 bridgehead atoms. The zero-order valence-corrected chi connectivity index (χ0v) is 11.1. The van der Waals surface area contributed by atoms with Gasteiger partial charge in [0, 0.05) is 20.6 Å². The summed E-state index contributed by atoms with van der Waals surface area (Å²) in [6.07, 6.45) is 0. The van der Waals surface area contributed by atoms with E-state index in [9.17, 15) is 0 Å². The van der Waals surface area contributed by atoms with Crippen molar-refractivity contribution in [3.05, 3.63) is 53.6 Å². The zero-order valence-electron chi connectivity index (χ0n) is 11.1. The average Bonchev–Trinajstić information content (AvgIpc) is 2.47. The molecule has 1 heterocycles. The van der Waals surface area contributed by atoms with Gasteiger partial charge in [-0.05, 0) is 29.8 Å². The average molecular weight is 252 g/mol. The van der Waals surface area contributed by atoms with E-state index in [4.69, 9.17) is 5.26 Å². The molecule has 0 fully saturated rings. The molecule has 0 spiro atoms. The molecule has 4 heteroatoms. The van der Waals surface area contributed by atoms with Crippen LogP contribution in [0, 0.1) is 11.3 Å². The van der Waals surface area contributed by atoms with Crippen LogP contribution in [0.3, 0.4) is 0 Å². The van der Waals surface area contributed by atoms with Crippen LogP contribution in [0.1, 0.15) is 11.1 Å². The van der Waals surface area contributed by atoms with E-state index in [-0.39, 0.29) is 0 Å². The van der Waals surface area contributed by atoms with Gasteiger partial charge in [-0.3, -0.25) is 0 Å². The van der Waals surface area contributed by atoms with Gasteiger partial charge in [0.05, 0.1) is 11.6 Å².